The van der Waals surface area contributed by atoms with E-state index < -0.39 is 0 Å². The Hall–Kier alpha value is -1.14. The summed E-state index contributed by atoms with van der Waals surface area (Å²) in [6.45, 7) is 4.34. The maximum absolute atomic E-state index is 12.6. The molecule has 3 aliphatic rings. The van der Waals surface area contributed by atoms with Crippen LogP contribution in [-0.4, -0.2) is 66.5 Å². The molecule has 3 heterocycles. The number of ether oxygens (including phenoxy) is 1. The van der Waals surface area contributed by atoms with Gasteiger partial charge in [-0.1, -0.05) is 0 Å². The van der Waals surface area contributed by atoms with Crippen molar-refractivity contribution in [1.29, 1.82) is 0 Å². The highest BCUT2D eigenvalue weighted by Crippen LogP contribution is 2.37. The van der Waals surface area contributed by atoms with E-state index in [1.807, 2.05) is 4.90 Å². The predicted molar refractivity (Wildman–Crippen MR) is 82.1 cm³/mol. The third-order valence-electron chi connectivity index (χ3n) is 5.67. The summed E-state index contributed by atoms with van der Waals surface area (Å²) in [5.41, 5.74) is 5.58. The van der Waals surface area contributed by atoms with Crippen molar-refractivity contribution in [2.45, 2.75) is 44.1 Å². The third kappa shape index (κ3) is 3.13. The van der Waals surface area contributed by atoms with Crippen molar-refractivity contribution in [3.05, 3.63) is 0 Å². The second-order valence-corrected chi connectivity index (χ2v) is 6.94. The lowest BCUT2D eigenvalue weighted by atomic mass is 9.87. The molecule has 6 nitrogen and oxygen atoms in total. The molecule has 6 heteroatoms. The van der Waals surface area contributed by atoms with Crippen LogP contribution in [0.5, 0.6) is 0 Å². The first-order valence-corrected chi connectivity index (χ1v) is 8.51. The molecule has 124 valence electrons. The summed E-state index contributed by atoms with van der Waals surface area (Å²) >= 11 is 0. The summed E-state index contributed by atoms with van der Waals surface area (Å²) in [6.07, 6.45) is 6.08. The first-order valence-electron chi connectivity index (χ1n) is 8.51. The van der Waals surface area contributed by atoms with Crippen LogP contribution in [0.1, 0.15) is 38.5 Å². The molecule has 0 aromatic heterocycles. The van der Waals surface area contributed by atoms with Crippen molar-refractivity contribution in [2.75, 3.05) is 39.4 Å². The highest BCUT2D eigenvalue weighted by Gasteiger charge is 2.43. The summed E-state index contributed by atoms with van der Waals surface area (Å²) in [6, 6.07) is 0. The molecule has 0 bridgehead atoms. The minimum Gasteiger partial charge on any atom is -0.381 e. The number of piperidine rings is 1. The second kappa shape index (κ2) is 6.54. The predicted octanol–water partition coefficient (Wildman–Crippen LogP) is 0.355. The molecule has 2 N–H and O–H groups in total. The molecule has 0 aromatic rings. The number of hydrogen-bond acceptors (Lipinski definition) is 4. The number of carbonyl (C=O) groups excluding carboxylic acids is 2. The van der Waals surface area contributed by atoms with E-state index >= 15 is 0 Å². The van der Waals surface area contributed by atoms with E-state index in [0.29, 0.717) is 13.1 Å². The highest BCUT2D eigenvalue weighted by atomic mass is 16.5. The topological polar surface area (TPSA) is 75.9 Å². The molecule has 1 spiro atoms. The highest BCUT2D eigenvalue weighted by molar-refractivity contribution is 5.81. The van der Waals surface area contributed by atoms with Crippen LogP contribution in [0.3, 0.4) is 0 Å². The molecule has 3 fully saturated rings. The van der Waals surface area contributed by atoms with Gasteiger partial charge >= 0.3 is 0 Å². The van der Waals surface area contributed by atoms with Crippen LogP contribution in [0.4, 0.5) is 0 Å². The van der Waals surface area contributed by atoms with Crippen LogP contribution >= 0.6 is 0 Å². The first-order chi connectivity index (χ1) is 10.6. The van der Waals surface area contributed by atoms with Crippen molar-refractivity contribution in [3.63, 3.8) is 0 Å². The first kappa shape index (κ1) is 15.7. The fourth-order valence-corrected chi connectivity index (χ4v) is 4.26. The van der Waals surface area contributed by atoms with E-state index in [2.05, 4.69) is 4.90 Å². The summed E-state index contributed by atoms with van der Waals surface area (Å²) in [5, 5.41) is 0. The number of amides is 2. The quantitative estimate of drug-likeness (QED) is 0.816. The van der Waals surface area contributed by atoms with Crippen LogP contribution in [0, 0.1) is 5.92 Å². The van der Waals surface area contributed by atoms with Crippen molar-refractivity contribution < 1.29 is 14.3 Å². The molecule has 3 saturated heterocycles. The van der Waals surface area contributed by atoms with Gasteiger partial charge in [0, 0.05) is 31.8 Å². The number of rotatable bonds is 3. The Morgan fingerprint density at radius 2 is 1.91 bits per heavy atom. The fourth-order valence-electron chi connectivity index (χ4n) is 4.26. The monoisotopic (exact) mass is 309 g/mol. The summed E-state index contributed by atoms with van der Waals surface area (Å²) in [5.74, 6) is -0.299. The molecule has 0 saturated carbocycles. The SMILES string of the molecule is NC(=O)C1CCCN(C(=O)CN2CCCC23CCOCC3)C1. The Morgan fingerprint density at radius 3 is 2.64 bits per heavy atom. The summed E-state index contributed by atoms with van der Waals surface area (Å²) in [4.78, 5) is 28.2. The lowest BCUT2D eigenvalue weighted by Crippen LogP contribution is -2.53. The molecule has 1 unspecified atom stereocenters. The van der Waals surface area contributed by atoms with Gasteiger partial charge in [0.2, 0.25) is 11.8 Å². The van der Waals surface area contributed by atoms with Crippen LogP contribution < -0.4 is 5.73 Å². The fraction of sp³-hybridized carbons (Fsp3) is 0.875. The van der Waals surface area contributed by atoms with Crippen molar-refractivity contribution >= 4 is 11.8 Å². The van der Waals surface area contributed by atoms with E-state index in [0.717, 1.165) is 58.4 Å². The minimum absolute atomic E-state index is 0.152. The standard InChI is InChI=1S/C16H27N3O3/c17-15(21)13-3-1-7-18(11-13)14(20)12-19-8-2-4-16(19)5-9-22-10-6-16/h13H,1-12H2,(H2,17,21). The molecular weight excluding hydrogens is 282 g/mol. The van der Waals surface area contributed by atoms with Gasteiger partial charge < -0.3 is 15.4 Å². The number of nitrogens with two attached hydrogens (primary N) is 1. The van der Waals surface area contributed by atoms with Crippen LogP contribution in [-0.2, 0) is 14.3 Å². The van der Waals surface area contributed by atoms with E-state index in [-0.39, 0.29) is 23.3 Å². The normalized spacial score (nSPS) is 28.9. The Labute approximate surface area is 131 Å². The van der Waals surface area contributed by atoms with Crippen LogP contribution in [0.15, 0.2) is 0 Å². The molecule has 0 radical (unpaired) electrons. The van der Waals surface area contributed by atoms with Gasteiger partial charge in [0.1, 0.15) is 0 Å². The average molecular weight is 309 g/mol. The molecule has 0 aliphatic carbocycles. The molecule has 1 atom stereocenters. The number of primary amides is 1. The Bertz CT molecular complexity index is 434. The zero-order chi connectivity index (χ0) is 15.6. The van der Waals surface area contributed by atoms with Gasteiger partial charge in [-0.3, -0.25) is 14.5 Å². The zero-order valence-electron chi connectivity index (χ0n) is 13.3. The Kier molecular flexibility index (Phi) is 4.68. The second-order valence-electron chi connectivity index (χ2n) is 6.94. The molecule has 2 amide bonds. The van der Waals surface area contributed by atoms with E-state index in [9.17, 15) is 9.59 Å². The Morgan fingerprint density at radius 1 is 1.14 bits per heavy atom. The maximum atomic E-state index is 12.6. The van der Waals surface area contributed by atoms with E-state index in [4.69, 9.17) is 10.5 Å². The zero-order valence-corrected chi connectivity index (χ0v) is 13.3. The number of carbonyl (C=O) groups is 2. The molecule has 3 rings (SSSR count). The van der Waals surface area contributed by atoms with Crippen molar-refractivity contribution in [2.24, 2.45) is 11.7 Å². The molecule has 22 heavy (non-hydrogen) atoms. The number of likely N-dealkylation sites (tertiary alicyclic amines) is 2. The van der Waals surface area contributed by atoms with Gasteiger partial charge in [-0.15, -0.1) is 0 Å². The van der Waals surface area contributed by atoms with Crippen LogP contribution in [0.25, 0.3) is 0 Å². The van der Waals surface area contributed by atoms with Gasteiger partial charge in [-0.25, -0.2) is 0 Å². The Balaban J connectivity index is 1.60. The number of hydrogen-bond donors (Lipinski definition) is 1. The van der Waals surface area contributed by atoms with Gasteiger partial charge in [0.25, 0.3) is 0 Å². The lowest BCUT2D eigenvalue weighted by molar-refractivity contribution is -0.137. The molecular formula is C16H27N3O3. The maximum Gasteiger partial charge on any atom is 0.236 e. The van der Waals surface area contributed by atoms with Gasteiger partial charge in [-0.05, 0) is 45.1 Å². The van der Waals surface area contributed by atoms with Crippen molar-refractivity contribution in [3.8, 4) is 0 Å². The smallest absolute Gasteiger partial charge is 0.236 e. The van der Waals surface area contributed by atoms with E-state index in [1.165, 1.54) is 6.42 Å². The number of nitrogens with zero attached hydrogens (tertiary/aromatic N) is 2. The summed E-state index contributed by atoms with van der Waals surface area (Å²) < 4.78 is 5.49. The lowest BCUT2D eigenvalue weighted by Gasteiger charge is -2.42. The summed E-state index contributed by atoms with van der Waals surface area (Å²) in [7, 11) is 0. The van der Waals surface area contributed by atoms with Crippen LogP contribution in [0.2, 0.25) is 0 Å². The van der Waals surface area contributed by atoms with Gasteiger partial charge in [0.15, 0.2) is 0 Å². The van der Waals surface area contributed by atoms with Gasteiger partial charge in [0.05, 0.1) is 12.5 Å². The van der Waals surface area contributed by atoms with Gasteiger partial charge in [-0.2, -0.15) is 0 Å². The minimum atomic E-state index is -0.278. The third-order valence-corrected chi connectivity index (χ3v) is 5.67. The average Bonchev–Trinajstić information content (AvgIpc) is 2.90. The van der Waals surface area contributed by atoms with E-state index in [1.54, 1.807) is 0 Å². The van der Waals surface area contributed by atoms with Crippen molar-refractivity contribution in [1.82, 2.24) is 9.80 Å². The molecule has 3 aliphatic heterocycles. The molecule has 0 aromatic carbocycles. The largest absolute Gasteiger partial charge is 0.381 e.